The summed E-state index contributed by atoms with van der Waals surface area (Å²) in [6.07, 6.45) is 1.56. The van der Waals surface area contributed by atoms with Gasteiger partial charge in [0.2, 0.25) is 0 Å². The van der Waals surface area contributed by atoms with Crippen LogP contribution in [-0.4, -0.2) is 16.9 Å². The van der Waals surface area contributed by atoms with Gasteiger partial charge in [-0.05, 0) is 18.6 Å². The van der Waals surface area contributed by atoms with Gasteiger partial charge < -0.3 is 10.5 Å². The summed E-state index contributed by atoms with van der Waals surface area (Å²) in [7, 11) is 3.20. The lowest BCUT2D eigenvalue weighted by Crippen LogP contribution is -2.19. The summed E-state index contributed by atoms with van der Waals surface area (Å²) >= 11 is 0. The van der Waals surface area contributed by atoms with E-state index in [2.05, 4.69) is 5.10 Å². The van der Waals surface area contributed by atoms with Gasteiger partial charge in [-0.1, -0.05) is 6.07 Å². The fraction of sp³-hybridized carbons (Fsp3) is 0.308. The molecule has 4 nitrogen and oxygen atoms in total. The van der Waals surface area contributed by atoms with Crippen molar-refractivity contribution in [2.24, 2.45) is 12.8 Å². The number of ether oxygens (including phenoxy) is 1. The number of rotatable bonds is 4. The largest absolute Gasteiger partial charge is 0.493 e. The Morgan fingerprint density at radius 3 is 2.58 bits per heavy atom. The predicted molar refractivity (Wildman–Crippen MR) is 66.8 cm³/mol. The molecule has 0 amide bonds. The summed E-state index contributed by atoms with van der Waals surface area (Å²) in [4.78, 5) is 0. The van der Waals surface area contributed by atoms with E-state index in [0.717, 1.165) is 0 Å². The average Bonchev–Trinajstić information content (AvgIpc) is 2.75. The van der Waals surface area contributed by atoms with Crippen LogP contribution in [0.15, 0.2) is 24.4 Å². The van der Waals surface area contributed by atoms with E-state index in [1.807, 2.05) is 0 Å². The number of aromatic nitrogens is 2. The molecule has 1 unspecified atom stereocenters. The number of hydrogen-bond donors (Lipinski definition) is 1. The number of nitrogens with two attached hydrogens (primary N) is 1. The van der Waals surface area contributed by atoms with Crippen LogP contribution in [-0.2, 0) is 13.5 Å². The van der Waals surface area contributed by atoms with Gasteiger partial charge in [-0.15, -0.1) is 0 Å². The maximum atomic E-state index is 13.6. The molecular formula is C13H15F2N3O. The van der Waals surface area contributed by atoms with Gasteiger partial charge in [-0.3, -0.25) is 4.68 Å². The number of halogens is 2. The molecule has 6 heteroatoms. The van der Waals surface area contributed by atoms with Gasteiger partial charge in [-0.2, -0.15) is 5.10 Å². The highest BCUT2D eigenvalue weighted by Crippen LogP contribution is 2.26. The topological polar surface area (TPSA) is 53.1 Å². The first-order valence-corrected chi connectivity index (χ1v) is 5.79. The summed E-state index contributed by atoms with van der Waals surface area (Å²) in [6, 6.07) is 3.15. The van der Waals surface area contributed by atoms with E-state index in [1.165, 1.54) is 31.5 Å². The quantitative estimate of drug-likeness (QED) is 0.921. The molecule has 0 aliphatic carbocycles. The molecule has 1 heterocycles. The third-order valence-electron chi connectivity index (χ3n) is 3.01. The lowest BCUT2D eigenvalue weighted by atomic mass is 10.0. The van der Waals surface area contributed by atoms with Gasteiger partial charge in [0, 0.05) is 12.6 Å². The van der Waals surface area contributed by atoms with E-state index in [-0.39, 0.29) is 12.0 Å². The van der Waals surface area contributed by atoms with Crippen molar-refractivity contribution in [3.8, 4) is 5.75 Å². The van der Waals surface area contributed by atoms with Crippen LogP contribution in [0.4, 0.5) is 8.78 Å². The van der Waals surface area contributed by atoms with E-state index >= 15 is 0 Å². The highest BCUT2D eigenvalue weighted by Gasteiger charge is 2.20. The Balaban J connectivity index is 2.31. The number of methoxy groups -OCH3 is 1. The minimum atomic E-state index is -0.603. The Morgan fingerprint density at radius 1 is 1.37 bits per heavy atom. The third-order valence-corrected chi connectivity index (χ3v) is 3.01. The normalized spacial score (nSPS) is 12.5. The number of hydrogen-bond acceptors (Lipinski definition) is 3. The highest BCUT2D eigenvalue weighted by atomic mass is 19.1. The molecule has 19 heavy (non-hydrogen) atoms. The van der Waals surface area contributed by atoms with Crippen molar-refractivity contribution < 1.29 is 13.5 Å². The average molecular weight is 267 g/mol. The third kappa shape index (κ3) is 2.58. The van der Waals surface area contributed by atoms with E-state index in [1.54, 1.807) is 11.7 Å². The minimum absolute atomic E-state index is 0.0294. The second kappa shape index (κ2) is 5.36. The Bertz CT molecular complexity index is 563. The zero-order valence-corrected chi connectivity index (χ0v) is 10.7. The fourth-order valence-corrected chi connectivity index (χ4v) is 2.05. The first-order chi connectivity index (χ1) is 9.04. The molecular weight excluding hydrogens is 252 g/mol. The molecule has 0 spiro atoms. The van der Waals surface area contributed by atoms with Crippen molar-refractivity contribution in [3.63, 3.8) is 0 Å². The monoisotopic (exact) mass is 267 g/mol. The van der Waals surface area contributed by atoms with Gasteiger partial charge in [-0.25, -0.2) is 8.78 Å². The van der Waals surface area contributed by atoms with Gasteiger partial charge in [0.1, 0.15) is 11.6 Å². The molecule has 2 N–H and O–H groups in total. The van der Waals surface area contributed by atoms with Crippen molar-refractivity contribution in [3.05, 3.63) is 47.3 Å². The molecule has 0 aliphatic rings. The maximum absolute atomic E-state index is 13.6. The molecule has 0 bridgehead atoms. The van der Waals surface area contributed by atoms with E-state index < -0.39 is 17.7 Å². The summed E-state index contributed by atoms with van der Waals surface area (Å²) in [6.45, 7) is 0. The first kappa shape index (κ1) is 13.5. The van der Waals surface area contributed by atoms with Crippen LogP contribution in [0.5, 0.6) is 5.75 Å². The molecule has 1 aromatic heterocycles. The van der Waals surface area contributed by atoms with Crippen molar-refractivity contribution in [1.29, 1.82) is 0 Å². The predicted octanol–water partition coefficient (Wildman–Crippen LogP) is 1.95. The van der Waals surface area contributed by atoms with Crippen LogP contribution in [0, 0.1) is 11.6 Å². The molecule has 102 valence electrons. The lowest BCUT2D eigenvalue weighted by Gasteiger charge is -2.15. The second-order valence-electron chi connectivity index (χ2n) is 4.23. The second-order valence-corrected chi connectivity index (χ2v) is 4.23. The van der Waals surface area contributed by atoms with Crippen LogP contribution < -0.4 is 10.5 Å². The standard InChI is InChI=1S/C13H15F2N3O/c1-18-13(12(19-2)7-17-18)11(16)6-8-9(14)4-3-5-10(8)15/h3-5,7,11H,6,16H2,1-2H3. The summed E-state index contributed by atoms with van der Waals surface area (Å²) in [5, 5.41) is 4.02. The molecule has 1 aromatic carbocycles. The van der Waals surface area contributed by atoms with Crippen LogP contribution >= 0.6 is 0 Å². The highest BCUT2D eigenvalue weighted by molar-refractivity contribution is 5.30. The smallest absolute Gasteiger partial charge is 0.161 e. The Kier molecular flexibility index (Phi) is 3.80. The van der Waals surface area contributed by atoms with E-state index in [4.69, 9.17) is 10.5 Å². The van der Waals surface area contributed by atoms with E-state index in [0.29, 0.717) is 11.4 Å². The van der Waals surface area contributed by atoms with Crippen LogP contribution in [0.1, 0.15) is 17.3 Å². The molecule has 0 radical (unpaired) electrons. The molecule has 0 aliphatic heterocycles. The molecule has 1 atom stereocenters. The van der Waals surface area contributed by atoms with E-state index in [9.17, 15) is 8.78 Å². The number of aryl methyl sites for hydroxylation is 1. The zero-order valence-electron chi connectivity index (χ0n) is 10.7. The van der Waals surface area contributed by atoms with Crippen molar-refractivity contribution in [1.82, 2.24) is 9.78 Å². The Hall–Kier alpha value is -1.95. The van der Waals surface area contributed by atoms with Gasteiger partial charge in [0.05, 0.1) is 25.0 Å². The first-order valence-electron chi connectivity index (χ1n) is 5.79. The van der Waals surface area contributed by atoms with Crippen LogP contribution in [0.2, 0.25) is 0 Å². The molecule has 0 fully saturated rings. The van der Waals surface area contributed by atoms with Gasteiger partial charge in [0.25, 0.3) is 0 Å². The molecule has 0 saturated heterocycles. The van der Waals surface area contributed by atoms with Crippen LogP contribution in [0.3, 0.4) is 0 Å². The maximum Gasteiger partial charge on any atom is 0.161 e. The number of benzene rings is 1. The molecule has 2 rings (SSSR count). The Morgan fingerprint density at radius 2 is 2.00 bits per heavy atom. The van der Waals surface area contributed by atoms with Gasteiger partial charge in [0.15, 0.2) is 5.75 Å². The van der Waals surface area contributed by atoms with Crippen LogP contribution in [0.25, 0.3) is 0 Å². The summed E-state index contributed by atoms with van der Waals surface area (Å²) < 4.78 is 33.9. The SMILES string of the molecule is COc1cnn(C)c1C(N)Cc1c(F)cccc1F. The number of nitrogens with zero attached hydrogens (tertiary/aromatic N) is 2. The zero-order chi connectivity index (χ0) is 14.0. The molecule has 0 saturated carbocycles. The van der Waals surface area contributed by atoms with Crippen molar-refractivity contribution >= 4 is 0 Å². The summed E-state index contributed by atoms with van der Waals surface area (Å²) in [5.41, 5.74) is 6.58. The van der Waals surface area contributed by atoms with Gasteiger partial charge >= 0.3 is 0 Å². The minimum Gasteiger partial charge on any atom is -0.493 e. The molecule has 2 aromatic rings. The van der Waals surface area contributed by atoms with Crippen molar-refractivity contribution in [2.75, 3.05) is 7.11 Å². The fourth-order valence-electron chi connectivity index (χ4n) is 2.05. The summed E-state index contributed by atoms with van der Waals surface area (Å²) in [5.74, 6) is -0.695. The Labute approximate surface area is 109 Å². The lowest BCUT2D eigenvalue weighted by molar-refractivity contribution is 0.401. The van der Waals surface area contributed by atoms with Crippen molar-refractivity contribution in [2.45, 2.75) is 12.5 Å².